The van der Waals surface area contributed by atoms with Crippen LogP contribution in [-0.2, 0) is 19.1 Å². The quantitative estimate of drug-likeness (QED) is 0.412. The number of hydrogen-bond acceptors (Lipinski definition) is 4. The van der Waals surface area contributed by atoms with Gasteiger partial charge in [0.15, 0.2) is 5.96 Å². The van der Waals surface area contributed by atoms with Crippen molar-refractivity contribution in [2.75, 3.05) is 26.7 Å². The molecule has 1 aromatic heterocycles. The Labute approximate surface area is 180 Å². The molecule has 7 nitrogen and oxygen atoms in total. The van der Waals surface area contributed by atoms with Crippen LogP contribution < -0.4 is 15.4 Å². The number of nitrogens with one attached hydrogen (secondary N) is 2. The van der Waals surface area contributed by atoms with E-state index in [1.165, 1.54) is 19.4 Å². The molecule has 1 atom stereocenters. The Morgan fingerprint density at radius 3 is 2.61 bits per heavy atom. The summed E-state index contributed by atoms with van der Waals surface area (Å²) in [6, 6.07) is 5.89. The van der Waals surface area contributed by atoms with Gasteiger partial charge in [-0.15, -0.1) is 0 Å². The van der Waals surface area contributed by atoms with Crippen LogP contribution in [0.15, 0.2) is 35.6 Å². The fourth-order valence-electron chi connectivity index (χ4n) is 3.23. The Morgan fingerprint density at radius 2 is 2.03 bits per heavy atom. The Morgan fingerprint density at radius 1 is 1.29 bits per heavy atom. The molecule has 0 fully saturated rings. The molecule has 172 valence electrons. The molecule has 1 aromatic carbocycles. The second kappa shape index (κ2) is 10.5. The molecule has 1 unspecified atom stereocenters. The highest BCUT2D eigenvalue weighted by molar-refractivity contribution is 5.79. The average molecular weight is 441 g/mol. The van der Waals surface area contributed by atoms with E-state index >= 15 is 0 Å². The highest BCUT2D eigenvalue weighted by Gasteiger charge is 2.57. The van der Waals surface area contributed by atoms with Crippen LogP contribution in [0.1, 0.15) is 30.3 Å². The number of halogens is 3. The van der Waals surface area contributed by atoms with Gasteiger partial charge in [-0.2, -0.15) is 13.2 Å². The topological polar surface area (TPSA) is 83.7 Å². The predicted molar refractivity (Wildman–Crippen MR) is 113 cm³/mol. The molecule has 3 N–H and O–H groups in total. The lowest BCUT2D eigenvalue weighted by Crippen LogP contribution is -2.45. The molecule has 0 saturated heterocycles. The maximum Gasteiger partial charge on any atom is 0.424 e. The molecule has 0 bridgehead atoms. The van der Waals surface area contributed by atoms with Crippen molar-refractivity contribution in [1.82, 2.24) is 20.2 Å². The van der Waals surface area contributed by atoms with Crippen LogP contribution in [0.25, 0.3) is 0 Å². The lowest BCUT2D eigenvalue weighted by molar-refractivity contribution is -0.272. The number of nitrogens with zero attached hydrogens (tertiary/aromatic N) is 3. The summed E-state index contributed by atoms with van der Waals surface area (Å²) in [5.41, 5.74) is -0.953. The number of imidazole rings is 1. The van der Waals surface area contributed by atoms with Crippen molar-refractivity contribution < 1.29 is 23.0 Å². The number of hydrogen-bond donors (Lipinski definition) is 3. The fourth-order valence-corrected chi connectivity index (χ4v) is 3.23. The molecular weight excluding hydrogens is 411 g/mol. The van der Waals surface area contributed by atoms with Crippen molar-refractivity contribution in [3.8, 4) is 5.75 Å². The van der Waals surface area contributed by atoms with Crippen molar-refractivity contribution in [3.05, 3.63) is 47.5 Å². The Hall–Kier alpha value is -2.75. The van der Waals surface area contributed by atoms with Gasteiger partial charge in [0, 0.05) is 45.5 Å². The largest absolute Gasteiger partial charge is 0.496 e. The summed E-state index contributed by atoms with van der Waals surface area (Å²) in [5.74, 6) is 0.692. The first-order chi connectivity index (χ1) is 14.6. The van der Waals surface area contributed by atoms with Crippen LogP contribution in [0.4, 0.5) is 13.2 Å². The molecule has 31 heavy (non-hydrogen) atoms. The average Bonchev–Trinajstić information content (AvgIpc) is 3.13. The number of methoxy groups -OCH3 is 1. The highest BCUT2D eigenvalue weighted by atomic mass is 19.4. The molecule has 0 aliphatic rings. The summed E-state index contributed by atoms with van der Waals surface area (Å²) in [5, 5.41) is 16.5. The van der Waals surface area contributed by atoms with E-state index in [1.807, 2.05) is 32.0 Å². The van der Waals surface area contributed by atoms with Crippen LogP contribution in [-0.4, -0.2) is 53.5 Å². The first-order valence-corrected chi connectivity index (χ1v) is 10.0. The molecule has 0 spiro atoms. The van der Waals surface area contributed by atoms with Crippen molar-refractivity contribution in [2.45, 2.75) is 38.5 Å². The second-order valence-electron chi connectivity index (χ2n) is 7.22. The van der Waals surface area contributed by atoms with E-state index in [9.17, 15) is 18.3 Å². The molecule has 0 amide bonds. The van der Waals surface area contributed by atoms with Crippen molar-refractivity contribution >= 4 is 5.96 Å². The third kappa shape index (κ3) is 6.13. The molecule has 0 saturated carbocycles. The van der Waals surface area contributed by atoms with Gasteiger partial charge in [0.25, 0.3) is 0 Å². The van der Waals surface area contributed by atoms with Crippen LogP contribution >= 0.6 is 0 Å². The first-order valence-electron chi connectivity index (χ1n) is 10.0. The molecular formula is C21H30F3N5O2. The number of alkyl halides is 3. The van der Waals surface area contributed by atoms with Gasteiger partial charge in [-0.1, -0.05) is 17.7 Å². The maximum absolute atomic E-state index is 13.6. The highest BCUT2D eigenvalue weighted by Crippen LogP contribution is 2.40. The van der Waals surface area contributed by atoms with E-state index in [0.717, 1.165) is 21.4 Å². The molecule has 10 heteroatoms. The molecule has 2 aromatic rings. The van der Waals surface area contributed by atoms with Crippen LogP contribution in [0.5, 0.6) is 5.75 Å². The molecule has 0 radical (unpaired) electrons. The summed E-state index contributed by atoms with van der Waals surface area (Å²) >= 11 is 0. The van der Waals surface area contributed by atoms with Gasteiger partial charge in [0.1, 0.15) is 11.6 Å². The van der Waals surface area contributed by atoms with Crippen molar-refractivity contribution in [2.24, 2.45) is 12.0 Å². The Bertz CT molecular complexity index is 882. The van der Waals surface area contributed by atoms with Crippen LogP contribution in [0.2, 0.25) is 0 Å². The van der Waals surface area contributed by atoms with Crippen LogP contribution in [0, 0.1) is 6.92 Å². The van der Waals surface area contributed by atoms with Gasteiger partial charge in [-0.3, -0.25) is 4.99 Å². The number of rotatable bonds is 9. The number of aliphatic imine (C=N–C) groups is 1. The zero-order chi connectivity index (χ0) is 23.1. The summed E-state index contributed by atoms with van der Waals surface area (Å²) in [4.78, 5) is 7.91. The SMILES string of the molecule is CCNC(=NCCC(O)(c1nccn1C)C(F)(F)F)NCCc1cc(C)ccc1OC. The minimum absolute atomic E-state index is 0.244. The number of benzene rings is 1. The summed E-state index contributed by atoms with van der Waals surface area (Å²) in [6.07, 6.45) is -2.30. The Balaban J connectivity index is 2.05. The van der Waals surface area contributed by atoms with E-state index in [1.54, 1.807) is 7.11 Å². The van der Waals surface area contributed by atoms with E-state index in [0.29, 0.717) is 25.5 Å². The van der Waals surface area contributed by atoms with Crippen molar-refractivity contribution in [1.29, 1.82) is 0 Å². The van der Waals surface area contributed by atoms with Gasteiger partial charge in [0.2, 0.25) is 5.60 Å². The summed E-state index contributed by atoms with van der Waals surface area (Å²) in [7, 11) is 3.02. The van der Waals surface area contributed by atoms with Gasteiger partial charge < -0.3 is 25.0 Å². The smallest absolute Gasteiger partial charge is 0.424 e. The summed E-state index contributed by atoms with van der Waals surface area (Å²) < 4.78 is 47.4. The number of guanidine groups is 1. The summed E-state index contributed by atoms with van der Waals surface area (Å²) in [6.45, 7) is 4.66. The zero-order valence-corrected chi connectivity index (χ0v) is 18.3. The maximum atomic E-state index is 13.6. The molecule has 0 aliphatic carbocycles. The minimum atomic E-state index is -4.88. The van der Waals surface area contributed by atoms with Gasteiger partial charge >= 0.3 is 6.18 Å². The lowest BCUT2D eigenvalue weighted by Gasteiger charge is -2.29. The zero-order valence-electron chi connectivity index (χ0n) is 18.3. The number of aromatic nitrogens is 2. The number of ether oxygens (including phenoxy) is 1. The van der Waals surface area contributed by atoms with Gasteiger partial charge in [0.05, 0.1) is 7.11 Å². The standard InChI is InChI=1S/C21H30F3N5O2/c1-5-25-19(27-10-8-16-14-15(2)6-7-17(16)31-4)28-11-9-20(30,21(22,23)24)18-26-12-13-29(18)3/h6-7,12-14,30H,5,8-11H2,1-4H3,(H2,25,27,28). The number of aliphatic hydroxyl groups is 1. The second-order valence-corrected chi connectivity index (χ2v) is 7.22. The van der Waals surface area contributed by atoms with E-state index in [2.05, 4.69) is 20.6 Å². The molecule has 2 rings (SSSR count). The minimum Gasteiger partial charge on any atom is -0.496 e. The normalized spacial score (nSPS) is 14.3. The third-order valence-corrected chi connectivity index (χ3v) is 4.87. The van der Waals surface area contributed by atoms with Gasteiger partial charge in [-0.25, -0.2) is 4.98 Å². The van der Waals surface area contributed by atoms with E-state index in [4.69, 9.17) is 4.74 Å². The monoisotopic (exact) mass is 441 g/mol. The fraction of sp³-hybridized carbons (Fsp3) is 0.524. The van der Waals surface area contributed by atoms with E-state index < -0.39 is 24.0 Å². The van der Waals surface area contributed by atoms with Gasteiger partial charge in [-0.05, 0) is 31.9 Å². The lowest BCUT2D eigenvalue weighted by atomic mass is 9.98. The van der Waals surface area contributed by atoms with E-state index in [-0.39, 0.29) is 6.54 Å². The first kappa shape index (κ1) is 24.5. The number of aryl methyl sites for hydroxylation is 2. The molecule has 1 heterocycles. The predicted octanol–water partition coefficient (Wildman–Crippen LogP) is 2.67. The van der Waals surface area contributed by atoms with Crippen LogP contribution in [0.3, 0.4) is 0 Å². The van der Waals surface area contributed by atoms with Crippen molar-refractivity contribution in [3.63, 3.8) is 0 Å². The third-order valence-electron chi connectivity index (χ3n) is 4.87. The Kier molecular flexibility index (Phi) is 8.32. The molecule has 0 aliphatic heterocycles.